The summed E-state index contributed by atoms with van der Waals surface area (Å²) in [5.41, 5.74) is 0.988. The van der Waals surface area contributed by atoms with E-state index in [4.69, 9.17) is 0 Å². The van der Waals surface area contributed by atoms with Gasteiger partial charge in [0, 0.05) is 23.6 Å². The zero-order chi connectivity index (χ0) is 17.2. The van der Waals surface area contributed by atoms with Crippen LogP contribution in [0.4, 0.5) is 24.7 Å². The van der Waals surface area contributed by atoms with Crippen LogP contribution in [0.1, 0.15) is 5.56 Å². The number of phenolic OH excluding ortho intramolecular Hbond substituents is 1. The summed E-state index contributed by atoms with van der Waals surface area (Å²) in [6.07, 6.45) is -1.38. The summed E-state index contributed by atoms with van der Waals surface area (Å²) < 4.78 is 37.8. The number of anilines is 2. The summed E-state index contributed by atoms with van der Waals surface area (Å²) >= 11 is 0. The van der Waals surface area contributed by atoms with Crippen LogP contribution in [-0.4, -0.2) is 15.1 Å². The lowest BCUT2D eigenvalue weighted by molar-refractivity contribution is -0.137. The Morgan fingerprint density at radius 2 is 1.46 bits per heavy atom. The van der Waals surface area contributed by atoms with Crippen LogP contribution < -0.4 is 5.32 Å². The average Bonchev–Trinajstić information content (AvgIpc) is 2.56. The van der Waals surface area contributed by atoms with Gasteiger partial charge in [-0.2, -0.15) is 13.2 Å². The summed E-state index contributed by atoms with van der Waals surface area (Å²) in [4.78, 5) is 8.43. The highest BCUT2D eigenvalue weighted by Crippen LogP contribution is 2.31. The number of alkyl halides is 3. The highest BCUT2D eigenvalue weighted by Gasteiger charge is 2.29. The number of nitrogens with one attached hydrogen (secondary N) is 1. The van der Waals surface area contributed by atoms with Crippen LogP contribution in [0.25, 0.3) is 11.3 Å². The number of rotatable bonds is 3. The monoisotopic (exact) mass is 331 g/mol. The molecule has 0 atom stereocenters. The summed E-state index contributed by atoms with van der Waals surface area (Å²) in [6, 6.07) is 11.1. The molecule has 0 aliphatic carbocycles. The molecule has 3 aromatic rings. The minimum Gasteiger partial charge on any atom is -0.508 e. The molecule has 122 valence electrons. The molecule has 0 radical (unpaired) electrons. The Kier molecular flexibility index (Phi) is 4.07. The standard InChI is InChI=1S/C17H12F3N3O/c18-17(19,20)12-3-5-13(6-4-12)23-16-15(21-9-10-22-16)11-1-7-14(24)8-2-11/h1-10,24H,(H,22,23). The number of nitrogens with zero attached hydrogens (tertiary/aromatic N) is 2. The molecule has 0 spiro atoms. The minimum atomic E-state index is -4.37. The van der Waals surface area contributed by atoms with Crippen molar-refractivity contribution >= 4 is 11.5 Å². The minimum absolute atomic E-state index is 0.125. The highest BCUT2D eigenvalue weighted by atomic mass is 19.4. The molecule has 2 N–H and O–H groups in total. The molecule has 1 aromatic heterocycles. The first-order valence-corrected chi connectivity index (χ1v) is 6.98. The van der Waals surface area contributed by atoms with Crippen LogP contribution in [0.2, 0.25) is 0 Å². The summed E-state index contributed by atoms with van der Waals surface area (Å²) in [7, 11) is 0. The van der Waals surface area contributed by atoms with Crippen molar-refractivity contribution in [1.82, 2.24) is 9.97 Å². The molecule has 0 fully saturated rings. The van der Waals surface area contributed by atoms with E-state index in [1.807, 2.05) is 0 Å². The third kappa shape index (κ3) is 3.45. The van der Waals surface area contributed by atoms with Crippen LogP contribution in [-0.2, 0) is 6.18 Å². The second kappa shape index (κ2) is 6.19. The van der Waals surface area contributed by atoms with Gasteiger partial charge in [0.1, 0.15) is 11.4 Å². The topological polar surface area (TPSA) is 58.0 Å². The summed E-state index contributed by atoms with van der Waals surface area (Å²) in [5.74, 6) is 0.530. The van der Waals surface area contributed by atoms with Crippen molar-refractivity contribution in [3.63, 3.8) is 0 Å². The van der Waals surface area contributed by atoms with Gasteiger partial charge in [-0.3, -0.25) is 4.98 Å². The third-order valence-corrected chi connectivity index (χ3v) is 3.31. The number of halogens is 3. The van der Waals surface area contributed by atoms with Gasteiger partial charge in [-0.05, 0) is 48.5 Å². The van der Waals surface area contributed by atoms with Gasteiger partial charge >= 0.3 is 6.18 Å². The van der Waals surface area contributed by atoms with E-state index in [2.05, 4.69) is 15.3 Å². The van der Waals surface area contributed by atoms with E-state index in [9.17, 15) is 18.3 Å². The SMILES string of the molecule is Oc1ccc(-c2nccnc2Nc2ccc(C(F)(F)F)cc2)cc1. The van der Waals surface area contributed by atoms with Gasteiger partial charge in [-0.1, -0.05) is 0 Å². The number of aromatic hydroxyl groups is 1. The molecule has 0 saturated heterocycles. The predicted molar refractivity (Wildman–Crippen MR) is 83.9 cm³/mol. The van der Waals surface area contributed by atoms with Crippen LogP contribution in [0.15, 0.2) is 60.9 Å². The predicted octanol–water partition coefficient (Wildman–Crippen LogP) is 4.61. The molecule has 0 aliphatic heterocycles. The number of benzene rings is 2. The number of hydrogen-bond donors (Lipinski definition) is 2. The van der Waals surface area contributed by atoms with Crippen LogP contribution in [0, 0.1) is 0 Å². The first-order valence-electron chi connectivity index (χ1n) is 6.98. The Labute approximate surface area is 135 Å². The molecule has 0 aliphatic rings. The van der Waals surface area contributed by atoms with Crippen molar-refractivity contribution in [3.05, 3.63) is 66.5 Å². The number of phenols is 1. The maximum Gasteiger partial charge on any atom is 0.416 e. The van der Waals surface area contributed by atoms with Crippen molar-refractivity contribution in [2.45, 2.75) is 6.18 Å². The maximum absolute atomic E-state index is 12.6. The Morgan fingerprint density at radius 3 is 2.08 bits per heavy atom. The summed E-state index contributed by atoms with van der Waals surface area (Å²) in [6.45, 7) is 0. The molecule has 24 heavy (non-hydrogen) atoms. The Bertz CT molecular complexity index is 831. The molecule has 0 bridgehead atoms. The van der Waals surface area contributed by atoms with Gasteiger partial charge in [-0.25, -0.2) is 4.98 Å². The molecular formula is C17H12F3N3O. The van der Waals surface area contributed by atoms with E-state index < -0.39 is 11.7 Å². The lowest BCUT2D eigenvalue weighted by Gasteiger charge is -2.11. The fourth-order valence-corrected chi connectivity index (χ4v) is 2.14. The Morgan fingerprint density at radius 1 is 0.833 bits per heavy atom. The quantitative estimate of drug-likeness (QED) is 0.736. The lowest BCUT2D eigenvalue weighted by Crippen LogP contribution is -2.04. The maximum atomic E-state index is 12.6. The van der Waals surface area contributed by atoms with Crippen molar-refractivity contribution in [3.8, 4) is 17.0 Å². The van der Waals surface area contributed by atoms with Gasteiger partial charge in [0.05, 0.1) is 5.56 Å². The van der Waals surface area contributed by atoms with Gasteiger partial charge in [0.15, 0.2) is 5.82 Å². The van der Waals surface area contributed by atoms with Crippen LogP contribution >= 0.6 is 0 Å². The fraction of sp³-hybridized carbons (Fsp3) is 0.0588. The number of aromatic nitrogens is 2. The van der Waals surface area contributed by atoms with Crippen molar-refractivity contribution in [2.24, 2.45) is 0 Å². The first-order chi connectivity index (χ1) is 11.4. The van der Waals surface area contributed by atoms with Gasteiger partial charge in [-0.15, -0.1) is 0 Å². The molecular weight excluding hydrogens is 319 g/mol. The van der Waals surface area contributed by atoms with Gasteiger partial charge in [0.25, 0.3) is 0 Å². The molecule has 2 aromatic carbocycles. The van der Waals surface area contributed by atoms with Crippen molar-refractivity contribution in [1.29, 1.82) is 0 Å². The molecule has 4 nitrogen and oxygen atoms in total. The molecule has 0 unspecified atom stereocenters. The first kappa shape index (κ1) is 15.8. The highest BCUT2D eigenvalue weighted by molar-refractivity contribution is 5.75. The van der Waals surface area contributed by atoms with Gasteiger partial charge < -0.3 is 10.4 Å². The lowest BCUT2D eigenvalue weighted by atomic mass is 10.1. The molecule has 3 rings (SSSR count). The summed E-state index contributed by atoms with van der Waals surface area (Å²) in [5, 5.41) is 12.3. The van der Waals surface area contributed by atoms with E-state index in [0.717, 1.165) is 17.7 Å². The smallest absolute Gasteiger partial charge is 0.416 e. The van der Waals surface area contributed by atoms with Crippen molar-refractivity contribution < 1.29 is 18.3 Å². The van der Waals surface area contributed by atoms with E-state index in [0.29, 0.717) is 17.2 Å². The Balaban J connectivity index is 1.89. The van der Waals surface area contributed by atoms with Crippen LogP contribution in [0.3, 0.4) is 0 Å². The molecule has 1 heterocycles. The van der Waals surface area contributed by atoms with Gasteiger partial charge in [0.2, 0.25) is 0 Å². The normalized spacial score (nSPS) is 11.3. The zero-order valence-electron chi connectivity index (χ0n) is 12.2. The van der Waals surface area contributed by atoms with E-state index in [-0.39, 0.29) is 5.75 Å². The van der Waals surface area contributed by atoms with Crippen LogP contribution in [0.5, 0.6) is 5.75 Å². The zero-order valence-corrected chi connectivity index (χ0v) is 12.2. The largest absolute Gasteiger partial charge is 0.508 e. The van der Waals surface area contributed by atoms with Crippen molar-refractivity contribution in [2.75, 3.05) is 5.32 Å². The van der Waals surface area contributed by atoms with E-state index in [1.165, 1.54) is 36.7 Å². The average molecular weight is 331 g/mol. The third-order valence-electron chi connectivity index (χ3n) is 3.31. The second-order valence-corrected chi connectivity index (χ2v) is 5.00. The van der Waals surface area contributed by atoms with E-state index >= 15 is 0 Å². The second-order valence-electron chi connectivity index (χ2n) is 5.00. The molecule has 0 amide bonds. The fourth-order valence-electron chi connectivity index (χ4n) is 2.14. The Hall–Kier alpha value is -3.09. The molecule has 7 heteroatoms. The van der Waals surface area contributed by atoms with E-state index in [1.54, 1.807) is 12.1 Å². The number of hydrogen-bond acceptors (Lipinski definition) is 4. The molecule has 0 saturated carbocycles.